The molecule has 0 unspecified atom stereocenters. The normalized spacial score (nSPS) is 19.3. The number of nitrogens with zero attached hydrogens (tertiary/aromatic N) is 4. The zero-order valence-electron chi connectivity index (χ0n) is 18.3. The van der Waals surface area contributed by atoms with Gasteiger partial charge in [0, 0.05) is 58.5 Å². The van der Waals surface area contributed by atoms with Crippen molar-refractivity contribution in [3.63, 3.8) is 0 Å². The summed E-state index contributed by atoms with van der Waals surface area (Å²) in [5, 5.41) is 6.93. The minimum Gasteiger partial charge on any atom is -0.369 e. The molecular weight excluding hydrogens is 360 g/mol. The fraction of sp³-hybridized carbons (Fsp3) is 0.696. The second-order valence-corrected chi connectivity index (χ2v) is 8.20. The first kappa shape index (κ1) is 21.9. The molecule has 2 aliphatic heterocycles. The predicted molar refractivity (Wildman–Crippen MR) is 124 cm³/mol. The SMILES string of the molecule is CN=C(NCCCCN1CCN(c2ccccc2)CC1)NCCN1CCCCC1. The van der Waals surface area contributed by atoms with Crippen LogP contribution in [-0.4, -0.2) is 88.3 Å². The van der Waals surface area contributed by atoms with Crippen LogP contribution in [-0.2, 0) is 0 Å². The average Bonchev–Trinajstić information content (AvgIpc) is 2.79. The number of likely N-dealkylation sites (tertiary alicyclic amines) is 1. The Morgan fingerprint density at radius 2 is 1.48 bits per heavy atom. The van der Waals surface area contributed by atoms with E-state index in [0.717, 1.165) is 38.7 Å². The Hall–Kier alpha value is -1.79. The minimum atomic E-state index is 0.943. The fourth-order valence-electron chi connectivity index (χ4n) is 4.27. The van der Waals surface area contributed by atoms with Crippen LogP contribution in [0, 0.1) is 0 Å². The van der Waals surface area contributed by atoms with Crippen molar-refractivity contribution in [1.82, 2.24) is 20.4 Å². The number of guanidine groups is 1. The number of para-hydroxylation sites is 1. The summed E-state index contributed by atoms with van der Waals surface area (Å²) in [6.45, 7) is 11.4. The van der Waals surface area contributed by atoms with Crippen LogP contribution in [0.15, 0.2) is 35.3 Å². The van der Waals surface area contributed by atoms with Gasteiger partial charge < -0.3 is 20.4 Å². The zero-order valence-corrected chi connectivity index (χ0v) is 18.3. The van der Waals surface area contributed by atoms with E-state index in [9.17, 15) is 0 Å². The summed E-state index contributed by atoms with van der Waals surface area (Å²) in [5.74, 6) is 0.943. The number of anilines is 1. The molecule has 0 atom stereocenters. The Balaban J connectivity index is 1.20. The molecule has 1 aromatic rings. The topological polar surface area (TPSA) is 46.1 Å². The molecular formula is C23H40N6. The second kappa shape index (κ2) is 12.7. The van der Waals surface area contributed by atoms with Gasteiger partial charge in [-0.2, -0.15) is 0 Å². The standard InChI is InChI=1S/C23H40N6/c1-24-23(26-13-17-27-14-7-3-8-15-27)25-12-6-9-16-28-18-20-29(21-19-28)22-10-4-2-5-11-22/h2,4-5,10-11H,3,6-9,12-21H2,1H3,(H2,24,25,26). The van der Waals surface area contributed by atoms with E-state index in [-0.39, 0.29) is 0 Å². The highest BCUT2D eigenvalue weighted by Gasteiger charge is 2.16. The van der Waals surface area contributed by atoms with Crippen LogP contribution in [0.2, 0.25) is 0 Å². The Kier molecular flexibility index (Phi) is 9.60. The lowest BCUT2D eigenvalue weighted by molar-refractivity contribution is 0.232. The third-order valence-electron chi connectivity index (χ3n) is 6.08. The lowest BCUT2D eigenvalue weighted by Gasteiger charge is -2.36. The Labute approximate surface area is 177 Å². The molecule has 2 heterocycles. The van der Waals surface area contributed by atoms with Gasteiger partial charge in [-0.15, -0.1) is 0 Å². The minimum absolute atomic E-state index is 0.943. The summed E-state index contributed by atoms with van der Waals surface area (Å²) < 4.78 is 0. The molecule has 162 valence electrons. The largest absolute Gasteiger partial charge is 0.369 e. The van der Waals surface area contributed by atoms with Gasteiger partial charge in [0.1, 0.15) is 0 Å². The molecule has 0 bridgehead atoms. The monoisotopic (exact) mass is 400 g/mol. The molecule has 0 saturated carbocycles. The van der Waals surface area contributed by atoms with Gasteiger partial charge in [0.05, 0.1) is 0 Å². The molecule has 0 aromatic heterocycles. The maximum absolute atomic E-state index is 4.36. The van der Waals surface area contributed by atoms with Crippen molar-refractivity contribution in [2.24, 2.45) is 4.99 Å². The molecule has 2 aliphatic rings. The Morgan fingerprint density at radius 3 is 2.21 bits per heavy atom. The number of unbranched alkanes of at least 4 members (excludes halogenated alkanes) is 1. The van der Waals surface area contributed by atoms with Gasteiger partial charge in [0.25, 0.3) is 0 Å². The van der Waals surface area contributed by atoms with Gasteiger partial charge in [-0.05, 0) is 57.5 Å². The maximum Gasteiger partial charge on any atom is 0.191 e. The van der Waals surface area contributed by atoms with E-state index in [4.69, 9.17) is 0 Å². The van der Waals surface area contributed by atoms with Crippen LogP contribution in [0.4, 0.5) is 5.69 Å². The lowest BCUT2D eigenvalue weighted by atomic mass is 10.1. The molecule has 0 amide bonds. The Bertz CT molecular complexity index is 576. The number of benzene rings is 1. The third kappa shape index (κ3) is 7.86. The summed E-state index contributed by atoms with van der Waals surface area (Å²) >= 11 is 0. The summed E-state index contributed by atoms with van der Waals surface area (Å²) in [7, 11) is 1.86. The van der Waals surface area contributed by atoms with Crippen molar-refractivity contribution in [3.05, 3.63) is 30.3 Å². The fourth-order valence-corrected chi connectivity index (χ4v) is 4.27. The van der Waals surface area contributed by atoms with E-state index < -0.39 is 0 Å². The molecule has 0 radical (unpaired) electrons. The number of hydrogen-bond acceptors (Lipinski definition) is 4. The number of rotatable bonds is 9. The third-order valence-corrected chi connectivity index (χ3v) is 6.08. The summed E-state index contributed by atoms with van der Waals surface area (Å²) in [5.41, 5.74) is 1.36. The summed E-state index contributed by atoms with van der Waals surface area (Å²) in [4.78, 5) is 12.0. The van der Waals surface area contributed by atoms with Gasteiger partial charge >= 0.3 is 0 Å². The molecule has 0 spiro atoms. The first-order valence-electron chi connectivity index (χ1n) is 11.5. The van der Waals surface area contributed by atoms with E-state index >= 15 is 0 Å². The Morgan fingerprint density at radius 1 is 0.793 bits per heavy atom. The van der Waals surface area contributed by atoms with E-state index in [1.54, 1.807) is 0 Å². The van der Waals surface area contributed by atoms with Crippen LogP contribution in [0.25, 0.3) is 0 Å². The molecule has 2 saturated heterocycles. The average molecular weight is 401 g/mol. The first-order valence-corrected chi connectivity index (χ1v) is 11.5. The quantitative estimate of drug-likeness (QED) is 0.378. The lowest BCUT2D eigenvalue weighted by Crippen LogP contribution is -2.46. The molecule has 2 fully saturated rings. The number of nitrogens with one attached hydrogen (secondary N) is 2. The highest BCUT2D eigenvalue weighted by atomic mass is 15.3. The molecule has 6 nitrogen and oxygen atoms in total. The van der Waals surface area contributed by atoms with Gasteiger partial charge in [-0.25, -0.2) is 0 Å². The number of hydrogen-bond donors (Lipinski definition) is 2. The molecule has 2 N–H and O–H groups in total. The van der Waals surface area contributed by atoms with Crippen LogP contribution in [0.5, 0.6) is 0 Å². The van der Waals surface area contributed by atoms with Gasteiger partial charge in [0.15, 0.2) is 5.96 Å². The zero-order chi connectivity index (χ0) is 20.2. The maximum atomic E-state index is 4.36. The first-order chi connectivity index (χ1) is 14.3. The van der Waals surface area contributed by atoms with Crippen molar-refractivity contribution in [2.75, 3.05) is 77.4 Å². The van der Waals surface area contributed by atoms with Crippen molar-refractivity contribution in [1.29, 1.82) is 0 Å². The van der Waals surface area contributed by atoms with Gasteiger partial charge in [-0.3, -0.25) is 9.89 Å². The van der Waals surface area contributed by atoms with Crippen LogP contribution in [0.1, 0.15) is 32.1 Å². The number of piperazine rings is 1. The molecule has 3 rings (SSSR count). The van der Waals surface area contributed by atoms with Crippen LogP contribution in [0.3, 0.4) is 0 Å². The van der Waals surface area contributed by atoms with Crippen LogP contribution < -0.4 is 15.5 Å². The molecule has 29 heavy (non-hydrogen) atoms. The number of piperidine rings is 1. The highest BCUT2D eigenvalue weighted by molar-refractivity contribution is 5.79. The van der Waals surface area contributed by atoms with Crippen molar-refractivity contribution in [3.8, 4) is 0 Å². The summed E-state index contributed by atoms with van der Waals surface area (Å²) in [6, 6.07) is 10.8. The molecule has 1 aromatic carbocycles. The smallest absolute Gasteiger partial charge is 0.191 e. The second-order valence-electron chi connectivity index (χ2n) is 8.20. The van der Waals surface area contributed by atoms with Crippen molar-refractivity contribution in [2.45, 2.75) is 32.1 Å². The number of aliphatic imine (C=N–C) groups is 1. The molecule has 6 heteroatoms. The van der Waals surface area contributed by atoms with Crippen LogP contribution >= 0.6 is 0 Å². The van der Waals surface area contributed by atoms with E-state index in [2.05, 4.69) is 60.7 Å². The van der Waals surface area contributed by atoms with E-state index in [0.29, 0.717) is 0 Å². The van der Waals surface area contributed by atoms with Gasteiger partial charge in [0.2, 0.25) is 0 Å². The molecule has 0 aliphatic carbocycles. The summed E-state index contributed by atoms with van der Waals surface area (Å²) in [6.07, 6.45) is 6.53. The van der Waals surface area contributed by atoms with Crippen molar-refractivity contribution >= 4 is 11.6 Å². The highest BCUT2D eigenvalue weighted by Crippen LogP contribution is 2.15. The predicted octanol–water partition coefficient (Wildman–Crippen LogP) is 2.24. The van der Waals surface area contributed by atoms with Gasteiger partial charge in [-0.1, -0.05) is 24.6 Å². The van der Waals surface area contributed by atoms with Crippen molar-refractivity contribution < 1.29 is 0 Å². The van der Waals surface area contributed by atoms with E-state index in [1.165, 1.54) is 70.5 Å². The van der Waals surface area contributed by atoms with E-state index in [1.807, 2.05) is 7.05 Å².